The third-order valence-electron chi connectivity index (χ3n) is 5.24. The Balaban J connectivity index is 1.54. The van der Waals surface area contributed by atoms with Gasteiger partial charge in [-0.2, -0.15) is 0 Å². The maximum Gasteiger partial charge on any atom is 0.181 e. The van der Waals surface area contributed by atoms with Gasteiger partial charge < -0.3 is 9.64 Å². The smallest absolute Gasteiger partial charge is 0.181 e. The lowest BCUT2D eigenvalue weighted by Gasteiger charge is -2.31. The van der Waals surface area contributed by atoms with Gasteiger partial charge in [-0.15, -0.1) is 0 Å². The van der Waals surface area contributed by atoms with Gasteiger partial charge in [0.25, 0.3) is 0 Å². The number of Topliss-reactive ketones (excluding diaryl/α,β-unsaturated/α-hetero) is 1. The molecule has 29 heavy (non-hydrogen) atoms. The molecule has 0 spiro atoms. The van der Waals surface area contributed by atoms with E-state index in [1.54, 1.807) is 37.4 Å². The van der Waals surface area contributed by atoms with Gasteiger partial charge in [0.05, 0.1) is 22.8 Å². The van der Waals surface area contributed by atoms with E-state index in [1.807, 2.05) is 0 Å². The Morgan fingerprint density at radius 3 is 2.38 bits per heavy atom. The van der Waals surface area contributed by atoms with Crippen molar-refractivity contribution in [2.24, 2.45) is 5.92 Å². The van der Waals surface area contributed by atoms with Crippen LogP contribution < -0.4 is 4.74 Å². The molecule has 0 N–H and O–H groups in total. The molecule has 0 atom stereocenters. The normalized spacial score (nSPS) is 16.0. The van der Waals surface area contributed by atoms with E-state index in [4.69, 9.17) is 27.9 Å². The van der Waals surface area contributed by atoms with Gasteiger partial charge in [0.2, 0.25) is 0 Å². The number of hydrogen-bond donors (Lipinski definition) is 0. The SMILES string of the molecule is COc1ccc(C(=O)C2CCN(CCS(=O)(=O)c3cc(Cl)ccc3Cl)CC2)cc1. The van der Waals surface area contributed by atoms with Crippen LogP contribution in [0.5, 0.6) is 5.75 Å². The largest absolute Gasteiger partial charge is 0.497 e. The zero-order chi connectivity index (χ0) is 21.0. The average molecular weight is 456 g/mol. The molecule has 2 aromatic carbocycles. The number of likely N-dealkylation sites (tertiary alicyclic amines) is 1. The first-order valence-electron chi connectivity index (χ1n) is 9.38. The van der Waals surface area contributed by atoms with Crippen LogP contribution in [-0.2, 0) is 9.84 Å². The number of carbonyl (C=O) groups excluding carboxylic acids is 1. The molecular weight excluding hydrogens is 433 g/mol. The Bertz CT molecular complexity index is 969. The van der Waals surface area contributed by atoms with Crippen molar-refractivity contribution in [1.29, 1.82) is 0 Å². The molecule has 156 valence electrons. The van der Waals surface area contributed by atoms with Crippen molar-refractivity contribution in [3.8, 4) is 5.75 Å². The summed E-state index contributed by atoms with van der Waals surface area (Å²) < 4.78 is 30.4. The molecule has 0 amide bonds. The number of ketones is 1. The molecule has 3 rings (SSSR count). The zero-order valence-corrected chi connectivity index (χ0v) is 18.4. The summed E-state index contributed by atoms with van der Waals surface area (Å²) in [5.41, 5.74) is 0.683. The van der Waals surface area contributed by atoms with Crippen LogP contribution in [0.4, 0.5) is 0 Å². The van der Waals surface area contributed by atoms with Gasteiger partial charge in [0.1, 0.15) is 5.75 Å². The summed E-state index contributed by atoms with van der Waals surface area (Å²) in [4.78, 5) is 14.8. The molecule has 0 bridgehead atoms. The first-order valence-corrected chi connectivity index (χ1v) is 11.8. The van der Waals surface area contributed by atoms with Crippen LogP contribution in [0.1, 0.15) is 23.2 Å². The van der Waals surface area contributed by atoms with Crippen LogP contribution in [-0.4, -0.2) is 51.6 Å². The third-order valence-corrected chi connectivity index (χ3v) is 7.64. The Labute approximate surface area is 181 Å². The first-order chi connectivity index (χ1) is 13.8. The standard InChI is InChI=1S/C21H23Cl2NO4S/c1-28-18-5-2-15(3-6-18)21(25)16-8-10-24(11-9-16)12-13-29(26,27)20-14-17(22)4-7-19(20)23/h2-7,14,16H,8-13H2,1H3. The van der Waals surface area contributed by atoms with Crippen molar-refractivity contribution in [2.75, 3.05) is 32.5 Å². The summed E-state index contributed by atoms with van der Waals surface area (Å²) in [7, 11) is -1.94. The molecule has 1 aliphatic rings. The Morgan fingerprint density at radius 2 is 1.76 bits per heavy atom. The number of piperidine rings is 1. The zero-order valence-electron chi connectivity index (χ0n) is 16.1. The Hall–Kier alpha value is -1.60. The quantitative estimate of drug-likeness (QED) is 0.579. The monoisotopic (exact) mass is 455 g/mol. The first kappa shape index (κ1) is 22.1. The Morgan fingerprint density at radius 1 is 1.10 bits per heavy atom. The highest BCUT2D eigenvalue weighted by Crippen LogP contribution is 2.27. The Kier molecular flexibility index (Phi) is 7.22. The molecule has 0 unspecified atom stereocenters. The van der Waals surface area contributed by atoms with Gasteiger partial charge in [0.15, 0.2) is 15.6 Å². The number of sulfone groups is 1. The van der Waals surface area contributed by atoms with E-state index in [1.165, 1.54) is 12.1 Å². The number of ether oxygens (including phenoxy) is 1. The van der Waals surface area contributed by atoms with Gasteiger partial charge in [-0.3, -0.25) is 4.79 Å². The minimum atomic E-state index is -3.53. The number of rotatable bonds is 7. The highest BCUT2D eigenvalue weighted by atomic mass is 35.5. The lowest BCUT2D eigenvalue weighted by atomic mass is 9.89. The van der Waals surface area contributed by atoms with Gasteiger partial charge >= 0.3 is 0 Å². The molecule has 1 heterocycles. The van der Waals surface area contributed by atoms with Gasteiger partial charge in [-0.25, -0.2) is 8.42 Å². The van der Waals surface area contributed by atoms with Crippen LogP contribution >= 0.6 is 23.2 Å². The number of benzene rings is 2. The van der Waals surface area contributed by atoms with Crippen molar-refractivity contribution >= 4 is 38.8 Å². The van der Waals surface area contributed by atoms with Crippen molar-refractivity contribution in [1.82, 2.24) is 4.90 Å². The van der Waals surface area contributed by atoms with Gasteiger partial charge in [-0.1, -0.05) is 23.2 Å². The summed E-state index contributed by atoms with van der Waals surface area (Å²) in [6.07, 6.45) is 1.42. The summed E-state index contributed by atoms with van der Waals surface area (Å²) in [5, 5.41) is 0.518. The topological polar surface area (TPSA) is 63.7 Å². The molecule has 0 saturated carbocycles. The molecule has 5 nitrogen and oxygen atoms in total. The van der Waals surface area contributed by atoms with Crippen LogP contribution in [0.25, 0.3) is 0 Å². The molecular formula is C21H23Cl2NO4S. The summed E-state index contributed by atoms with van der Waals surface area (Å²) in [5.74, 6) is 0.770. The van der Waals surface area contributed by atoms with Crippen LogP contribution in [0.15, 0.2) is 47.4 Å². The molecule has 0 aromatic heterocycles. The number of halogens is 2. The number of hydrogen-bond acceptors (Lipinski definition) is 5. The predicted octanol–water partition coefficient (Wildman–Crippen LogP) is 4.37. The minimum absolute atomic E-state index is 0.0375. The van der Waals surface area contributed by atoms with Gasteiger partial charge in [-0.05, 0) is 68.4 Å². The highest BCUT2D eigenvalue weighted by Gasteiger charge is 2.27. The van der Waals surface area contributed by atoms with E-state index < -0.39 is 9.84 Å². The second-order valence-corrected chi connectivity index (χ2v) is 10.0. The van der Waals surface area contributed by atoms with Crippen LogP contribution in [0.3, 0.4) is 0 Å². The van der Waals surface area contributed by atoms with E-state index in [0.717, 1.165) is 5.75 Å². The molecule has 1 aliphatic heterocycles. The number of nitrogens with zero attached hydrogens (tertiary/aromatic N) is 1. The average Bonchev–Trinajstić information content (AvgIpc) is 2.74. The maximum atomic E-state index is 12.7. The van der Waals surface area contributed by atoms with E-state index in [2.05, 4.69) is 4.90 Å². The van der Waals surface area contributed by atoms with E-state index in [0.29, 0.717) is 43.1 Å². The van der Waals surface area contributed by atoms with Crippen molar-refractivity contribution in [2.45, 2.75) is 17.7 Å². The van der Waals surface area contributed by atoms with E-state index in [-0.39, 0.29) is 27.4 Å². The van der Waals surface area contributed by atoms with E-state index in [9.17, 15) is 13.2 Å². The minimum Gasteiger partial charge on any atom is -0.497 e. The van der Waals surface area contributed by atoms with Crippen molar-refractivity contribution < 1.29 is 17.9 Å². The number of methoxy groups -OCH3 is 1. The summed E-state index contributed by atoms with van der Waals surface area (Å²) in [6.45, 7) is 1.77. The fourth-order valence-electron chi connectivity index (χ4n) is 3.48. The van der Waals surface area contributed by atoms with Crippen molar-refractivity contribution in [3.05, 3.63) is 58.1 Å². The lowest BCUT2D eigenvalue weighted by Crippen LogP contribution is -2.38. The molecule has 0 aliphatic carbocycles. The second-order valence-electron chi connectivity index (χ2n) is 7.10. The number of carbonyl (C=O) groups is 1. The molecule has 1 fully saturated rings. The molecule has 8 heteroatoms. The third kappa shape index (κ3) is 5.51. The predicted molar refractivity (Wildman–Crippen MR) is 115 cm³/mol. The van der Waals surface area contributed by atoms with Crippen molar-refractivity contribution in [3.63, 3.8) is 0 Å². The molecule has 0 radical (unpaired) electrons. The summed E-state index contributed by atoms with van der Waals surface area (Å²) >= 11 is 11.9. The fraction of sp³-hybridized carbons (Fsp3) is 0.381. The maximum absolute atomic E-state index is 12.7. The van der Waals surface area contributed by atoms with E-state index >= 15 is 0 Å². The second kappa shape index (κ2) is 9.47. The lowest BCUT2D eigenvalue weighted by molar-refractivity contribution is 0.0844. The van der Waals surface area contributed by atoms with Gasteiger partial charge in [0, 0.05) is 23.0 Å². The van der Waals surface area contributed by atoms with Crippen LogP contribution in [0.2, 0.25) is 10.0 Å². The fourth-order valence-corrected chi connectivity index (χ4v) is 5.58. The van der Waals surface area contributed by atoms with Crippen LogP contribution in [0, 0.1) is 5.92 Å². The highest BCUT2D eigenvalue weighted by molar-refractivity contribution is 7.91. The molecule has 1 saturated heterocycles. The summed E-state index contributed by atoms with van der Waals surface area (Å²) in [6, 6.07) is 11.6. The molecule has 2 aromatic rings.